The third kappa shape index (κ3) is 2.15. The number of nitrogens with one attached hydrogen (secondary N) is 1. The third-order valence-corrected chi connectivity index (χ3v) is 3.38. The number of para-hydroxylation sites is 1. The molecule has 0 heterocycles. The summed E-state index contributed by atoms with van der Waals surface area (Å²) >= 11 is 12.1. The lowest BCUT2D eigenvalue weighted by atomic mass is 9.85. The quantitative estimate of drug-likeness (QED) is 0.820. The first kappa shape index (κ1) is 10.1. The van der Waals surface area contributed by atoms with E-state index in [0.29, 0.717) is 10.0 Å². The summed E-state index contributed by atoms with van der Waals surface area (Å²) in [5.74, 6) is 0.808. The molecule has 3 heteroatoms. The molecule has 1 aromatic carbocycles. The SMILES string of the molecule is Clc1cccc(Cl)c1NCC1CCC1. The average molecular weight is 230 g/mol. The summed E-state index contributed by atoms with van der Waals surface area (Å²) < 4.78 is 0. The minimum Gasteiger partial charge on any atom is -0.382 e. The maximum absolute atomic E-state index is 6.03. The van der Waals surface area contributed by atoms with E-state index in [-0.39, 0.29) is 0 Å². The largest absolute Gasteiger partial charge is 0.382 e. The van der Waals surface area contributed by atoms with Crippen LogP contribution in [0.4, 0.5) is 5.69 Å². The fraction of sp³-hybridized carbons (Fsp3) is 0.455. The van der Waals surface area contributed by atoms with Crippen LogP contribution >= 0.6 is 23.2 Å². The zero-order valence-corrected chi connectivity index (χ0v) is 9.41. The molecule has 2 rings (SSSR count). The highest BCUT2D eigenvalue weighted by Crippen LogP contribution is 2.32. The van der Waals surface area contributed by atoms with Crippen molar-refractivity contribution in [1.82, 2.24) is 0 Å². The van der Waals surface area contributed by atoms with Gasteiger partial charge in [0.25, 0.3) is 0 Å². The molecule has 0 atom stereocenters. The molecule has 0 amide bonds. The number of halogens is 2. The molecular formula is C11H13Cl2N. The van der Waals surface area contributed by atoms with Crippen molar-refractivity contribution in [2.75, 3.05) is 11.9 Å². The van der Waals surface area contributed by atoms with Gasteiger partial charge in [-0.05, 0) is 30.9 Å². The highest BCUT2D eigenvalue weighted by Gasteiger charge is 2.17. The van der Waals surface area contributed by atoms with Crippen LogP contribution in [0.1, 0.15) is 19.3 Å². The highest BCUT2D eigenvalue weighted by atomic mass is 35.5. The Morgan fingerprint density at radius 1 is 1.21 bits per heavy atom. The molecule has 1 nitrogen and oxygen atoms in total. The topological polar surface area (TPSA) is 12.0 Å². The molecule has 1 aromatic rings. The van der Waals surface area contributed by atoms with Crippen molar-refractivity contribution in [3.8, 4) is 0 Å². The molecular weight excluding hydrogens is 217 g/mol. The maximum atomic E-state index is 6.03. The van der Waals surface area contributed by atoms with E-state index in [1.165, 1.54) is 19.3 Å². The van der Waals surface area contributed by atoms with Gasteiger partial charge in [-0.15, -0.1) is 0 Å². The van der Waals surface area contributed by atoms with Gasteiger partial charge in [-0.2, -0.15) is 0 Å². The van der Waals surface area contributed by atoms with E-state index >= 15 is 0 Å². The van der Waals surface area contributed by atoms with Gasteiger partial charge >= 0.3 is 0 Å². The van der Waals surface area contributed by atoms with Crippen LogP contribution in [0.3, 0.4) is 0 Å². The monoisotopic (exact) mass is 229 g/mol. The summed E-state index contributed by atoms with van der Waals surface area (Å²) in [5, 5.41) is 4.73. The van der Waals surface area contributed by atoms with Gasteiger partial charge in [-0.1, -0.05) is 35.7 Å². The second-order valence-electron chi connectivity index (χ2n) is 3.77. The van der Waals surface area contributed by atoms with E-state index in [9.17, 15) is 0 Å². The van der Waals surface area contributed by atoms with Crippen LogP contribution < -0.4 is 5.32 Å². The third-order valence-electron chi connectivity index (χ3n) is 2.76. The predicted octanol–water partition coefficient (Wildman–Crippen LogP) is 4.21. The van der Waals surface area contributed by atoms with Gasteiger partial charge in [-0.25, -0.2) is 0 Å². The Morgan fingerprint density at radius 2 is 1.86 bits per heavy atom. The van der Waals surface area contributed by atoms with Crippen LogP contribution in [0, 0.1) is 5.92 Å². The normalized spacial score (nSPS) is 16.4. The van der Waals surface area contributed by atoms with Crippen molar-refractivity contribution in [2.24, 2.45) is 5.92 Å². The van der Waals surface area contributed by atoms with Crippen LogP contribution in [0.25, 0.3) is 0 Å². The van der Waals surface area contributed by atoms with Crippen molar-refractivity contribution in [3.05, 3.63) is 28.2 Å². The standard InChI is InChI=1S/C11H13Cl2N/c12-9-5-2-6-10(13)11(9)14-7-8-3-1-4-8/h2,5-6,8,14H,1,3-4,7H2. The van der Waals surface area contributed by atoms with E-state index in [1.807, 2.05) is 18.2 Å². The van der Waals surface area contributed by atoms with Crippen LogP contribution in [0.5, 0.6) is 0 Å². The van der Waals surface area contributed by atoms with Crippen molar-refractivity contribution >= 4 is 28.9 Å². The zero-order chi connectivity index (χ0) is 9.97. The van der Waals surface area contributed by atoms with Crippen molar-refractivity contribution < 1.29 is 0 Å². The van der Waals surface area contributed by atoms with Gasteiger partial charge in [0.1, 0.15) is 0 Å². The summed E-state index contributed by atoms with van der Waals surface area (Å²) in [5.41, 5.74) is 0.878. The van der Waals surface area contributed by atoms with Crippen LogP contribution in [-0.2, 0) is 0 Å². The summed E-state index contributed by atoms with van der Waals surface area (Å²) in [7, 11) is 0. The van der Waals surface area contributed by atoms with Crippen molar-refractivity contribution in [2.45, 2.75) is 19.3 Å². The average Bonchev–Trinajstić information content (AvgIpc) is 2.07. The Bertz CT molecular complexity index is 301. The number of anilines is 1. The molecule has 0 bridgehead atoms. The lowest BCUT2D eigenvalue weighted by molar-refractivity contribution is 0.333. The van der Waals surface area contributed by atoms with Gasteiger partial charge in [0.15, 0.2) is 0 Å². The molecule has 0 aromatic heterocycles. The van der Waals surface area contributed by atoms with Crippen molar-refractivity contribution in [1.29, 1.82) is 0 Å². The molecule has 0 spiro atoms. The molecule has 0 radical (unpaired) electrons. The van der Waals surface area contributed by atoms with Gasteiger partial charge in [0, 0.05) is 6.54 Å². The molecule has 1 fully saturated rings. The summed E-state index contributed by atoms with van der Waals surface area (Å²) in [6, 6.07) is 5.58. The van der Waals surface area contributed by atoms with E-state index in [1.54, 1.807) is 0 Å². The Morgan fingerprint density at radius 3 is 2.36 bits per heavy atom. The Labute approximate surface area is 94.4 Å². The van der Waals surface area contributed by atoms with Gasteiger partial charge in [-0.3, -0.25) is 0 Å². The second-order valence-corrected chi connectivity index (χ2v) is 4.59. The van der Waals surface area contributed by atoms with Crippen LogP contribution in [-0.4, -0.2) is 6.54 Å². The molecule has 0 aliphatic heterocycles. The first-order valence-electron chi connectivity index (χ1n) is 4.95. The van der Waals surface area contributed by atoms with E-state index in [0.717, 1.165) is 18.2 Å². The minimum atomic E-state index is 0.705. The summed E-state index contributed by atoms with van der Waals surface area (Å²) in [6.07, 6.45) is 4.02. The fourth-order valence-corrected chi connectivity index (χ4v) is 2.14. The molecule has 0 unspecified atom stereocenters. The number of rotatable bonds is 3. The smallest absolute Gasteiger partial charge is 0.0719 e. The lowest BCUT2D eigenvalue weighted by Crippen LogP contribution is -2.21. The number of hydrogen-bond donors (Lipinski definition) is 1. The van der Waals surface area contributed by atoms with Gasteiger partial charge in [0.05, 0.1) is 15.7 Å². The van der Waals surface area contributed by atoms with Crippen LogP contribution in [0.2, 0.25) is 10.0 Å². The number of hydrogen-bond acceptors (Lipinski definition) is 1. The predicted molar refractivity (Wildman–Crippen MR) is 62.3 cm³/mol. The van der Waals surface area contributed by atoms with Crippen LogP contribution in [0.15, 0.2) is 18.2 Å². The fourth-order valence-electron chi connectivity index (χ4n) is 1.61. The van der Waals surface area contributed by atoms with Crippen molar-refractivity contribution in [3.63, 3.8) is 0 Å². The minimum absolute atomic E-state index is 0.705. The molecule has 1 aliphatic rings. The highest BCUT2D eigenvalue weighted by molar-refractivity contribution is 6.39. The summed E-state index contributed by atoms with van der Waals surface area (Å²) in [4.78, 5) is 0. The first-order valence-corrected chi connectivity index (χ1v) is 5.71. The molecule has 76 valence electrons. The zero-order valence-electron chi connectivity index (χ0n) is 7.89. The Kier molecular flexibility index (Phi) is 3.19. The molecule has 1 N–H and O–H groups in total. The first-order chi connectivity index (χ1) is 6.77. The maximum Gasteiger partial charge on any atom is 0.0719 e. The van der Waals surface area contributed by atoms with E-state index < -0.39 is 0 Å². The lowest BCUT2D eigenvalue weighted by Gasteiger charge is -2.26. The molecule has 0 saturated heterocycles. The summed E-state index contributed by atoms with van der Waals surface area (Å²) in [6.45, 7) is 0.990. The molecule has 1 saturated carbocycles. The van der Waals surface area contributed by atoms with Gasteiger partial charge < -0.3 is 5.32 Å². The number of benzene rings is 1. The molecule has 1 aliphatic carbocycles. The Hall–Kier alpha value is -0.400. The Balaban J connectivity index is 2.00. The van der Waals surface area contributed by atoms with Gasteiger partial charge in [0.2, 0.25) is 0 Å². The van der Waals surface area contributed by atoms with E-state index in [2.05, 4.69) is 5.32 Å². The second kappa shape index (κ2) is 4.41. The molecule has 14 heavy (non-hydrogen) atoms. The van der Waals surface area contributed by atoms with E-state index in [4.69, 9.17) is 23.2 Å².